The van der Waals surface area contributed by atoms with Gasteiger partial charge in [0, 0.05) is 0 Å². The third-order valence-corrected chi connectivity index (χ3v) is 5.97. The Kier molecular flexibility index (Phi) is 5.21. The Labute approximate surface area is 181 Å². The average Bonchev–Trinajstić information content (AvgIpc) is 3.25. The van der Waals surface area contributed by atoms with Gasteiger partial charge in [0.2, 0.25) is 5.13 Å². The molecule has 0 radical (unpaired) electrons. The number of hydrogen-bond donors (Lipinski definition) is 1. The molecule has 0 saturated carbocycles. The number of H-pyrrole nitrogens is 1. The maximum absolute atomic E-state index is 13.7. The number of aliphatic imine (C=N–C) groups is 1. The number of thiazole rings is 1. The molecule has 5 nitrogen and oxygen atoms in total. The van der Waals surface area contributed by atoms with E-state index in [4.69, 9.17) is 23.2 Å². The number of aromatic amines is 1. The molecule has 11 heteroatoms. The number of nitrogens with one attached hydrogen (secondary N) is 1. The van der Waals surface area contributed by atoms with Crippen LogP contribution in [-0.4, -0.2) is 20.5 Å². The third kappa shape index (κ3) is 3.76. The highest BCUT2D eigenvalue weighted by Gasteiger charge is 2.39. The van der Waals surface area contributed by atoms with Crippen LogP contribution in [0.3, 0.4) is 0 Å². The molecule has 30 heavy (non-hydrogen) atoms. The first-order chi connectivity index (χ1) is 14.1. The van der Waals surface area contributed by atoms with E-state index in [1.165, 1.54) is 25.1 Å². The van der Waals surface area contributed by atoms with Crippen molar-refractivity contribution >= 4 is 56.2 Å². The molecule has 2 heterocycles. The van der Waals surface area contributed by atoms with Crippen LogP contribution in [-0.2, 0) is 6.18 Å². The minimum absolute atomic E-state index is 0.0975. The lowest BCUT2D eigenvalue weighted by atomic mass is 10.1. The second-order valence-electron chi connectivity index (χ2n) is 6.26. The fraction of sp³-hybridized carbons (Fsp3) is 0.105. The first kappa shape index (κ1) is 20.6. The summed E-state index contributed by atoms with van der Waals surface area (Å²) in [6.45, 7) is 1.32. The summed E-state index contributed by atoms with van der Waals surface area (Å²) >= 11 is 12.9. The van der Waals surface area contributed by atoms with Crippen molar-refractivity contribution in [3.8, 4) is 5.13 Å². The van der Waals surface area contributed by atoms with Gasteiger partial charge >= 0.3 is 6.18 Å². The molecular weight excluding hydrogens is 460 g/mol. The molecule has 0 unspecified atom stereocenters. The minimum Gasteiger partial charge on any atom is -0.284 e. The summed E-state index contributed by atoms with van der Waals surface area (Å²) in [6, 6.07) is 11.4. The number of hydrogen-bond acceptors (Lipinski definition) is 4. The van der Waals surface area contributed by atoms with Gasteiger partial charge in [0.15, 0.2) is 5.69 Å². The van der Waals surface area contributed by atoms with E-state index in [9.17, 15) is 18.0 Å². The highest BCUT2D eigenvalue weighted by Crippen LogP contribution is 2.32. The molecule has 0 aliphatic rings. The third-order valence-electron chi connectivity index (χ3n) is 4.21. The highest BCUT2D eigenvalue weighted by molar-refractivity contribution is 7.20. The van der Waals surface area contributed by atoms with Crippen molar-refractivity contribution in [2.45, 2.75) is 13.1 Å². The van der Waals surface area contributed by atoms with Crippen LogP contribution in [0.1, 0.15) is 18.2 Å². The Balaban J connectivity index is 1.89. The van der Waals surface area contributed by atoms with Crippen LogP contribution in [0.5, 0.6) is 0 Å². The van der Waals surface area contributed by atoms with Gasteiger partial charge in [0.05, 0.1) is 37.2 Å². The first-order valence-electron chi connectivity index (χ1n) is 8.44. The number of rotatable bonds is 3. The zero-order valence-corrected chi connectivity index (χ0v) is 17.4. The van der Waals surface area contributed by atoms with Gasteiger partial charge in [-0.15, -0.1) is 0 Å². The van der Waals surface area contributed by atoms with Crippen molar-refractivity contribution in [1.82, 2.24) is 14.8 Å². The number of benzene rings is 2. The molecule has 4 rings (SSSR count). The van der Waals surface area contributed by atoms with Crippen LogP contribution in [0.2, 0.25) is 10.0 Å². The number of halogens is 5. The molecule has 0 spiro atoms. The molecule has 0 amide bonds. The Morgan fingerprint density at radius 3 is 2.57 bits per heavy atom. The first-order valence-corrected chi connectivity index (χ1v) is 10.0. The summed E-state index contributed by atoms with van der Waals surface area (Å²) in [5, 5.41) is 2.73. The molecular formula is C19H11Cl2F3N4OS. The van der Waals surface area contributed by atoms with E-state index >= 15 is 0 Å². The van der Waals surface area contributed by atoms with Crippen molar-refractivity contribution in [2.75, 3.05) is 0 Å². The molecule has 0 fully saturated rings. The molecule has 0 bridgehead atoms. The van der Waals surface area contributed by atoms with E-state index in [0.717, 1.165) is 20.7 Å². The Bertz CT molecular complexity index is 1320. The van der Waals surface area contributed by atoms with Crippen molar-refractivity contribution in [3.05, 3.63) is 74.1 Å². The molecule has 0 aliphatic carbocycles. The number of nitrogens with zero attached hydrogens (tertiary/aromatic N) is 3. The Hall–Kier alpha value is -2.62. The summed E-state index contributed by atoms with van der Waals surface area (Å²) in [5.74, 6) is 0. The second-order valence-corrected chi connectivity index (χ2v) is 8.08. The lowest BCUT2D eigenvalue weighted by Gasteiger charge is -2.06. The SMILES string of the molecule is CC(=Nc1ccc(Cl)c(Cl)c1)c1c(C(F)(F)F)[nH]n(-c2nc3ccccc3s2)c1=O. The van der Waals surface area contributed by atoms with Crippen LogP contribution in [0, 0.1) is 0 Å². The molecule has 0 atom stereocenters. The van der Waals surface area contributed by atoms with E-state index in [1.54, 1.807) is 24.3 Å². The van der Waals surface area contributed by atoms with E-state index in [0.29, 0.717) is 5.52 Å². The van der Waals surface area contributed by atoms with Crippen molar-refractivity contribution < 1.29 is 13.2 Å². The zero-order chi connectivity index (χ0) is 21.6. The number of para-hydroxylation sites is 1. The van der Waals surface area contributed by atoms with Gasteiger partial charge in [-0.05, 0) is 37.3 Å². The monoisotopic (exact) mass is 470 g/mol. The topological polar surface area (TPSA) is 63.0 Å². The average molecular weight is 471 g/mol. The minimum atomic E-state index is -4.80. The van der Waals surface area contributed by atoms with Crippen molar-refractivity contribution in [1.29, 1.82) is 0 Å². The fourth-order valence-corrected chi connectivity index (χ4v) is 4.09. The lowest BCUT2D eigenvalue weighted by molar-refractivity contribution is -0.141. The zero-order valence-electron chi connectivity index (χ0n) is 15.1. The van der Waals surface area contributed by atoms with Gasteiger partial charge in [0.1, 0.15) is 0 Å². The van der Waals surface area contributed by atoms with E-state index in [2.05, 4.69) is 15.1 Å². The van der Waals surface area contributed by atoms with Crippen LogP contribution in [0.4, 0.5) is 18.9 Å². The van der Waals surface area contributed by atoms with Gasteiger partial charge in [-0.3, -0.25) is 14.9 Å². The normalized spacial score (nSPS) is 12.7. The predicted octanol–water partition coefficient (Wildman–Crippen LogP) is 6.24. The number of alkyl halides is 3. The molecule has 2 aromatic heterocycles. The van der Waals surface area contributed by atoms with Crippen LogP contribution in [0.25, 0.3) is 15.3 Å². The standard InChI is InChI=1S/C19H11Cl2F3N4OS/c1-9(25-10-6-7-11(20)12(21)8-10)15-16(19(22,23)24)27-28(17(15)29)18-26-13-4-2-3-5-14(13)30-18/h2-8,27H,1H3. The lowest BCUT2D eigenvalue weighted by Crippen LogP contribution is -2.20. The molecule has 154 valence electrons. The van der Waals surface area contributed by atoms with E-state index < -0.39 is 23.0 Å². The van der Waals surface area contributed by atoms with Gasteiger partial charge in [-0.2, -0.15) is 17.9 Å². The summed E-state index contributed by atoms with van der Waals surface area (Å²) in [7, 11) is 0. The van der Waals surface area contributed by atoms with E-state index in [1.807, 2.05) is 0 Å². The second kappa shape index (κ2) is 7.57. The van der Waals surface area contributed by atoms with Crippen LogP contribution < -0.4 is 5.56 Å². The summed E-state index contributed by atoms with van der Waals surface area (Å²) < 4.78 is 42.6. The van der Waals surface area contributed by atoms with Gasteiger partial charge in [-0.25, -0.2) is 4.98 Å². The Morgan fingerprint density at radius 2 is 1.90 bits per heavy atom. The fourth-order valence-electron chi connectivity index (χ4n) is 2.87. The molecule has 0 aliphatic heterocycles. The maximum Gasteiger partial charge on any atom is 0.433 e. The molecule has 1 N–H and O–H groups in total. The van der Waals surface area contributed by atoms with Crippen molar-refractivity contribution in [2.24, 2.45) is 4.99 Å². The summed E-state index contributed by atoms with van der Waals surface area (Å²) in [6.07, 6.45) is -4.80. The summed E-state index contributed by atoms with van der Waals surface area (Å²) in [5.41, 5.74) is -1.97. The van der Waals surface area contributed by atoms with Crippen LogP contribution in [0.15, 0.2) is 52.3 Å². The number of aromatic nitrogens is 3. The van der Waals surface area contributed by atoms with Gasteiger partial charge in [-0.1, -0.05) is 46.7 Å². The largest absolute Gasteiger partial charge is 0.433 e. The maximum atomic E-state index is 13.7. The van der Waals surface area contributed by atoms with Crippen LogP contribution >= 0.6 is 34.5 Å². The van der Waals surface area contributed by atoms with Crippen molar-refractivity contribution in [3.63, 3.8) is 0 Å². The smallest absolute Gasteiger partial charge is 0.284 e. The summed E-state index contributed by atoms with van der Waals surface area (Å²) in [4.78, 5) is 21.3. The van der Waals surface area contributed by atoms with Gasteiger partial charge < -0.3 is 0 Å². The van der Waals surface area contributed by atoms with Gasteiger partial charge in [0.25, 0.3) is 5.56 Å². The Morgan fingerprint density at radius 1 is 1.17 bits per heavy atom. The highest BCUT2D eigenvalue weighted by atomic mass is 35.5. The molecule has 4 aromatic rings. The predicted molar refractivity (Wildman–Crippen MR) is 113 cm³/mol. The molecule has 0 saturated heterocycles. The quantitative estimate of drug-likeness (QED) is 0.360. The van der Waals surface area contributed by atoms with E-state index in [-0.39, 0.29) is 26.6 Å². The number of fused-ring (bicyclic) bond motifs is 1. The molecule has 2 aromatic carbocycles.